The minimum atomic E-state index is -2.43. The van der Waals surface area contributed by atoms with Crippen molar-refractivity contribution in [3.8, 4) is 0 Å². The van der Waals surface area contributed by atoms with E-state index < -0.39 is 8.41 Å². The van der Waals surface area contributed by atoms with Crippen molar-refractivity contribution in [1.29, 1.82) is 0 Å². The Morgan fingerprint density at radius 3 is 1.71 bits per heavy atom. The molecule has 0 spiro atoms. The molecule has 0 saturated carbocycles. The second kappa shape index (κ2) is 1.78. The van der Waals surface area contributed by atoms with Crippen LogP contribution in [0.25, 0.3) is 0 Å². The van der Waals surface area contributed by atoms with E-state index in [1.165, 1.54) is 0 Å². The van der Waals surface area contributed by atoms with Crippen LogP contribution in [0.5, 0.6) is 0 Å². The number of halogens is 1. The van der Waals surface area contributed by atoms with Crippen LogP contribution in [-0.2, 0) is 0 Å². The molecule has 0 aliphatic heterocycles. The van der Waals surface area contributed by atoms with Gasteiger partial charge in [-0.05, 0) is 20.0 Å². The van der Waals surface area contributed by atoms with Gasteiger partial charge in [-0.2, -0.15) is 0 Å². The first-order valence-corrected chi connectivity index (χ1v) is 5.17. The van der Waals surface area contributed by atoms with Crippen LogP contribution in [0.1, 0.15) is 6.92 Å². The first-order valence-electron chi connectivity index (χ1n) is 2.29. The van der Waals surface area contributed by atoms with Gasteiger partial charge in [0.2, 0.25) is 0 Å². The van der Waals surface area contributed by atoms with Gasteiger partial charge in [0.05, 0.1) is 0 Å². The van der Waals surface area contributed by atoms with E-state index in [0.29, 0.717) is 5.20 Å². The molecule has 0 fully saturated rings. The summed E-state index contributed by atoms with van der Waals surface area (Å²) in [6, 6.07) is 0. The topological polar surface area (TPSA) is 0 Å². The Morgan fingerprint density at radius 1 is 1.57 bits per heavy atom. The van der Waals surface area contributed by atoms with Gasteiger partial charge in [0, 0.05) is 0 Å². The summed E-state index contributed by atoms with van der Waals surface area (Å²) in [6.45, 7) is 8.52. The second-order valence-corrected chi connectivity index (χ2v) is 6.05. The third-order valence-electron chi connectivity index (χ3n) is 1.01. The fraction of sp³-hybridized carbons (Fsp3) is 0.600. The molecule has 0 N–H and O–H groups in total. The average molecular weight is 118 g/mol. The molecule has 0 aromatic heterocycles. The summed E-state index contributed by atoms with van der Waals surface area (Å²) in [4.78, 5) is 0. The highest BCUT2D eigenvalue weighted by molar-refractivity contribution is 6.77. The van der Waals surface area contributed by atoms with Crippen molar-refractivity contribution in [3.63, 3.8) is 0 Å². The fourth-order valence-corrected chi connectivity index (χ4v) is 0. The zero-order valence-electron chi connectivity index (χ0n) is 5.09. The molecule has 42 valence electrons. The maximum Gasteiger partial charge on any atom is 0.266 e. The summed E-state index contributed by atoms with van der Waals surface area (Å²) in [5, 5.41) is 0.715. The molecule has 0 bridgehead atoms. The minimum absolute atomic E-state index is 0.715. The average Bonchev–Trinajstić information content (AvgIpc) is 1.31. The van der Waals surface area contributed by atoms with Crippen molar-refractivity contribution in [2.45, 2.75) is 20.0 Å². The molecule has 0 aromatic rings. The lowest BCUT2D eigenvalue weighted by atomic mass is 10.8. The van der Waals surface area contributed by atoms with Gasteiger partial charge in [-0.25, -0.2) is 0 Å². The lowest BCUT2D eigenvalue weighted by Crippen LogP contribution is -2.18. The molecule has 0 aliphatic carbocycles. The third-order valence-corrected chi connectivity index (χ3v) is 3.04. The van der Waals surface area contributed by atoms with Gasteiger partial charge in [-0.15, -0.1) is 6.58 Å². The lowest BCUT2D eigenvalue weighted by Gasteiger charge is -2.07. The van der Waals surface area contributed by atoms with Crippen LogP contribution >= 0.6 is 0 Å². The highest BCUT2D eigenvalue weighted by Gasteiger charge is 2.19. The van der Waals surface area contributed by atoms with Crippen molar-refractivity contribution >= 4 is 8.41 Å². The lowest BCUT2D eigenvalue weighted by molar-refractivity contribution is 0.811. The van der Waals surface area contributed by atoms with Crippen LogP contribution in [-0.4, -0.2) is 8.41 Å². The monoisotopic (exact) mass is 118 g/mol. The van der Waals surface area contributed by atoms with Crippen molar-refractivity contribution < 1.29 is 4.11 Å². The van der Waals surface area contributed by atoms with E-state index in [-0.39, 0.29) is 0 Å². The van der Waals surface area contributed by atoms with Crippen molar-refractivity contribution in [1.82, 2.24) is 0 Å². The molecule has 0 rings (SSSR count). The van der Waals surface area contributed by atoms with Crippen molar-refractivity contribution in [2.24, 2.45) is 0 Å². The maximum absolute atomic E-state index is 12.6. The molecule has 0 saturated heterocycles. The van der Waals surface area contributed by atoms with E-state index in [1.807, 2.05) is 0 Å². The summed E-state index contributed by atoms with van der Waals surface area (Å²) in [5.74, 6) is 0. The SMILES string of the molecule is C=C(C)[Si](C)(C)F. The Hall–Kier alpha value is -0.113. The van der Waals surface area contributed by atoms with Crippen molar-refractivity contribution in [2.75, 3.05) is 0 Å². The summed E-state index contributed by atoms with van der Waals surface area (Å²) in [7, 11) is -2.43. The Bertz CT molecular complexity index is 80.6. The number of hydrogen-bond acceptors (Lipinski definition) is 0. The van der Waals surface area contributed by atoms with Crippen LogP contribution < -0.4 is 0 Å². The minimum Gasteiger partial charge on any atom is -0.309 e. The van der Waals surface area contributed by atoms with Gasteiger partial charge in [0.1, 0.15) is 0 Å². The van der Waals surface area contributed by atoms with E-state index in [4.69, 9.17) is 0 Å². The zero-order valence-corrected chi connectivity index (χ0v) is 6.09. The summed E-state index contributed by atoms with van der Waals surface area (Å²) in [6.07, 6.45) is 0. The molecule has 0 unspecified atom stereocenters. The van der Waals surface area contributed by atoms with Crippen LogP contribution in [0.15, 0.2) is 11.8 Å². The molecule has 2 heteroatoms. The highest BCUT2D eigenvalue weighted by atomic mass is 28.4. The molecule has 0 radical (unpaired) electrons. The van der Waals surface area contributed by atoms with E-state index in [0.717, 1.165) is 0 Å². The number of allylic oxidation sites excluding steroid dienone is 1. The molecular formula is C5H11FSi. The van der Waals surface area contributed by atoms with Crippen LogP contribution in [0, 0.1) is 0 Å². The summed E-state index contributed by atoms with van der Waals surface area (Å²) >= 11 is 0. The smallest absolute Gasteiger partial charge is 0.266 e. The van der Waals surface area contributed by atoms with Crippen LogP contribution in [0.2, 0.25) is 13.1 Å². The Labute approximate surface area is 45.2 Å². The molecule has 0 heterocycles. The largest absolute Gasteiger partial charge is 0.309 e. The molecule has 7 heavy (non-hydrogen) atoms. The van der Waals surface area contributed by atoms with Gasteiger partial charge >= 0.3 is 0 Å². The standard InChI is InChI=1S/C5H11FSi/c1-5(2)7(3,4)6/h1H2,2-4H3. The molecule has 0 atom stereocenters. The van der Waals surface area contributed by atoms with Gasteiger partial charge in [0.25, 0.3) is 8.41 Å². The Morgan fingerprint density at radius 2 is 1.71 bits per heavy atom. The van der Waals surface area contributed by atoms with E-state index >= 15 is 0 Å². The molecular weight excluding hydrogens is 107 g/mol. The molecule has 0 aliphatic rings. The normalized spacial score (nSPS) is 11.4. The highest BCUT2D eigenvalue weighted by Crippen LogP contribution is 2.11. The maximum atomic E-state index is 12.6. The molecule has 0 amide bonds. The van der Waals surface area contributed by atoms with E-state index in [9.17, 15) is 4.11 Å². The van der Waals surface area contributed by atoms with Crippen molar-refractivity contribution in [3.05, 3.63) is 11.8 Å². The van der Waals surface area contributed by atoms with Gasteiger partial charge in [-0.1, -0.05) is 5.20 Å². The Kier molecular flexibility index (Phi) is 1.75. The first kappa shape index (κ1) is 6.89. The van der Waals surface area contributed by atoms with E-state index in [1.54, 1.807) is 20.0 Å². The van der Waals surface area contributed by atoms with Crippen LogP contribution in [0.4, 0.5) is 4.11 Å². The molecule has 0 aromatic carbocycles. The number of rotatable bonds is 1. The van der Waals surface area contributed by atoms with Gasteiger partial charge < -0.3 is 4.11 Å². The Balaban J connectivity index is 3.79. The zero-order chi connectivity index (χ0) is 6.08. The quantitative estimate of drug-likeness (QED) is 0.366. The first-order chi connectivity index (χ1) is 2.94. The molecule has 0 nitrogen and oxygen atoms in total. The summed E-state index contributed by atoms with van der Waals surface area (Å²) < 4.78 is 12.6. The third kappa shape index (κ3) is 2.57. The fourth-order valence-electron chi connectivity index (χ4n) is 0. The summed E-state index contributed by atoms with van der Waals surface area (Å²) in [5.41, 5.74) is 0. The predicted molar refractivity (Wildman–Crippen MR) is 33.4 cm³/mol. The van der Waals surface area contributed by atoms with Gasteiger partial charge in [0.15, 0.2) is 0 Å². The number of hydrogen-bond donors (Lipinski definition) is 0. The predicted octanol–water partition coefficient (Wildman–Crippen LogP) is 2.28. The van der Waals surface area contributed by atoms with E-state index in [2.05, 4.69) is 6.58 Å². The van der Waals surface area contributed by atoms with Gasteiger partial charge in [-0.3, -0.25) is 0 Å². The second-order valence-electron chi connectivity index (χ2n) is 2.25. The van der Waals surface area contributed by atoms with Crippen LogP contribution in [0.3, 0.4) is 0 Å².